The molecule has 0 aliphatic heterocycles. The van der Waals surface area contributed by atoms with E-state index in [-0.39, 0.29) is 6.61 Å². The highest BCUT2D eigenvalue weighted by Gasteiger charge is 2.26. The van der Waals surface area contributed by atoms with E-state index in [0.29, 0.717) is 0 Å². The fraction of sp³-hybridized carbons (Fsp3) is 0.857. The van der Waals surface area contributed by atoms with Crippen LogP contribution < -0.4 is 11.1 Å². The molecule has 1 atom stereocenters. The second-order valence-electron chi connectivity index (χ2n) is 2.72. The molecule has 0 rings (SSSR count). The highest BCUT2D eigenvalue weighted by Crippen LogP contribution is 2.17. The highest BCUT2D eigenvalue weighted by atomic mass is 19.4. The van der Waals surface area contributed by atoms with E-state index in [1.54, 1.807) is 0 Å². The lowest BCUT2D eigenvalue weighted by atomic mass is 10.3. The van der Waals surface area contributed by atoms with Gasteiger partial charge in [-0.25, -0.2) is 0 Å². The molecule has 0 aromatic carbocycles. The number of hydrogen-bond acceptors (Lipinski definition) is 3. The van der Waals surface area contributed by atoms with Crippen molar-refractivity contribution in [1.29, 1.82) is 0 Å². The van der Waals surface area contributed by atoms with Crippen LogP contribution >= 0.6 is 0 Å². The maximum Gasteiger partial charge on any atom is 0.390 e. The molecule has 1 amide bonds. The van der Waals surface area contributed by atoms with Crippen LogP contribution in [0.5, 0.6) is 0 Å². The van der Waals surface area contributed by atoms with E-state index in [0.717, 1.165) is 0 Å². The van der Waals surface area contributed by atoms with Crippen LogP contribution in [0.2, 0.25) is 0 Å². The molecule has 0 aromatic rings. The van der Waals surface area contributed by atoms with Crippen molar-refractivity contribution in [1.82, 2.24) is 5.32 Å². The molecule has 0 heterocycles. The number of alkyl halides is 3. The third-order valence-electron chi connectivity index (χ3n) is 1.39. The summed E-state index contributed by atoms with van der Waals surface area (Å²) in [4.78, 5) is 10.9. The predicted octanol–water partition coefficient (Wildman–Crippen LogP) is 0.0287. The van der Waals surface area contributed by atoms with Crippen molar-refractivity contribution in [3.05, 3.63) is 0 Å². The van der Waals surface area contributed by atoms with Gasteiger partial charge in [-0.3, -0.25) is 4.79 Å². The number of hydrogen-bond donors (Lipinski definition) is 2. The van der Waals surface area contributed by atoms with Crippen molar-refractivity contribution in [2.45, 2.75) is 18.6 Å². The molecule has 0 spiro atoms. The predicted molar refractivity (Wildman–Crippen MR) is 43.5 cm³/mol. The van der Waals surface area contributed by atoms with E-state index in [4.69, 9.17) is 5.73 Å². The van der Waals surface area contributed by atoms with Gasteiger partial charge in [0.1, 0.15) is 6.04 Å². The second kappa shape index (κ2) is 5.82. The minimum absolute atomic E-state index is 0.0160. The molecule has 4 nitrogen and oxygen atoms in total. The summed E-state index contributed by atoms with van der Waals surface area (Å²) in [5.41, 5.74) is 5.26. The Morgan fingerprint density at radius 2 is 2.14 bits per heavy atom. The summed E-state index contributed by atoms with van der Waals surface area (Å²) in [6.07, 6.45) is -5.32. The minimum atomic E-state index is -4.27. The van der Waals surface area contributed by atoms with Gasteiger partial charge < -0.3 is 15.8 Å². The Labute approximate surface area is 79.6 Å². The number of nitrogens with two attached hydrogens (primary N) is 1. The van der Waals surface area contributed by atoms with E-state index < -0.39 is 31.1 Å². The number of carbonyl (C=O) groups is 1. The molecule has 0 aliphatic carbocycles. The monoisotopic (exact) mass is 214 g/mol. The Kier molecular flexibility index (Phi) is 5.47. The number of halogens is 3. The maximum atomic E-state index is 11.6. The normalized spacial score (nSPS) is 13.8. The maximum absolute atomic E-state index is 11.6. The van der Waals surface area contributed by atoms with Crippen LogP contribution in [0.1, 0.15) is 6.42 Å². The largest absolute Gasteiger partial charge is 0.390 e. The molecule has 14 heavy (non-hydrogen) atoms. The Morgan fingerprint density at radius 3 is 2.57 bits per heavy atom. The van der Waals surface area contributed by atoms with Crippen LogP contribution in [0.4, 0.5) is 13.2 Å². The Bertz CT molecular complexity index is 184. The van der Waals surface area contributed by atoms with Crippen LogP contribution in [0.15, 0.2) is 0 Å². The van der Waals surface area contributed by atoms with Crippen molar-refractivity contribution in [2.75, 3.05) is 20.3 Å². The topological polar surface area (TPSA) is 64.3 Å². The zero-order valence-corrected chi connectivity index (χ0v) is 7.73. The molecule has 0 radical (unpaired) electrons. The molecular weight excluding hydrogens is 201 g/mol. The average molecular weight is 214 g/mol. The summed E-state index contributed by atoms with van der Waals surface area (Å²) in [5, 5.41) is 2.06. The average Bonchev–Trinajstić information content (AvgIpc) is 2.02. The Balaban J connectivity index is 3.64. The summed E-state index contributed by atoms with van der Waals surface area (Å²) in [6.45, 7) is -0.475. The van der Waals surface area contributed by atoms with Gasteiger partial charge in [-0.05, 0) is 0 Å². The molecule has 1 unspecified atom stereocenters. The molecule has 7 heteroatoms. The molecule has 0 aliphatic rings. The van der Waals surface area contributed by atoms with Gasteiger partial charge in [-0.15, -0.1) is 0 Å². The first-order valence-electron chi connectivity index (χ1n) is 3.96. The lowest BCUT2D eigenvalue weighted by Gasteiger charge is -2.11. The fourth-order valence-corrected chi connectivity index (χ4v) is 0.714. The van der Waals surface area contributed by atoms with E-state index in [1.807, 2.05) is 0 Å². The first kappa shape index (κ1) is 13.2. The summed E-state index contributed by atoms with van der Waals surface area (Å²) in [6, 6.07) is -0.923. The molecule has 3 N–H and O–H groups in total. The second-order valence-corrected chi connectivity index (χ2v) is 2.72. The minimum Gasteiger partial charge on any atom is -0.383 e. The van der Waals surface area contributed by atoms with E-state index in [9.17, 15) is 18.0 Å². The first-order valence-corrected chi connectivity index (χ1v) is 3.96. The van der Waals surface area contributed by atoms with Crippen LogP contribution in [-0.2, 0) is 9.53 Å². The first-order chi connectivity index (χ1) is 6.37. The Hall–Kier alpha value is -0.820. The number of rotatable bonds is 5. The summed E-state index contributed by atoms with van der Waals surface area (Å²) >= 11 is 0. The van der Waals surface area contributed by atoms with E-state index in [2.05, 4.69) is 10.1 Å². The van der Waals surface area contributed by atoms with Crippen molar-refractivity contribution in [3.8, 4) is 0 Å². The van der Waals surface area contributed by atoms with E-state index >= 15 is 0 Å². The van der Waals surface area contributed by atoms with Gasteiger partial charge in [-0.1, -0.05) is 0 Å². The van der Waals surface area contributed by atoms with Crippen molar-refractivity contribution < 1.29 is 22.7 Å². The van der Waals surface area contributed by atoms with Crippen LogP contribution in [-0.4, -0.2) is 38.4 Å². The third-order valence-corrected chi connectivity index (χ3v) is 1.39. The van der Waals surface area contributed by atoms with E-state index in [1.165, 1.54) is 7.11 Å². The van der Waals surface area contributed by atoms with Gasteiger partial charge >= 0.3 is 6.18 Å². The van der Waals surface area contributed by atoms with Gasteiger partial charge in [0.15, 0.2) is 0 Å². The van der Waals surface area contributed by atoms with Crippen molar-refractivity contribution >= 4 is 5.91 Å². The summed E-state index contributed by atoms with van der Waals surface area (Å²) in [7, 11) is 1.35. The number of ether oxygens (including phenoxy) is 1. The van der Waals surface area contributed by atoms with Crippen LogP contribution in [0, 0.1) is 0 Å². The SMILES string of the molecule is COCC(N)C(=O)NCCC(F)(F)F. The fourth-order valence-electron chi connectivity index (χ4n) is 0.714. The molecular formula is C7H13F3N2O2. The van der Waals surface area contributed by atoms with Gasteiger partial charge in [0.05, 0.1) is 13.0 Å². The molecule has 0 saturated heterocycles. The molecule has 84 valence electrons. The lowest BCUT2D eigenvalue weighted by Crippen LogP contribution is -2.44. The summed E-state index contributed by atoms with van der Waals surface area (Å²) in [5.74, 6) is -0.642. The molecule has 0 fully saturated rings. The lowest BCUT2D eigenvalue weighted by molar-refractivity contribution is -0.136. The number of amides is 1. The highest BCUT2D eigenvalue weighted by molar-refractivity contribution is 5.81. The molecule has 0 aromatic heterocycles. The Morgan fingerprint density at radius 1 is 1.57 bits per heavy atom. The van der Waals surface area contributed by atoms with Gasteiger partial charge in [-0.2, -0.15) is 13.2 Å². The van der Waals surface area contributed by atoms with Crippen LogP contribution in [0.3, 0.4) is 0 Å². The quantitative estimate of drug-likeness (QED) is 0.678. The van der Waals surface area contributed by atoms with Crippen molar-refractivity contribution in [3.63, 3.8) is 0 Å². The zero-order chi connectivity index (χ0) is 11.2. The van der Waals surface area contributed by atoms with Crippen molar-refractivity contribution in [2.24, 2.45) is 5.73 Å². The van der Waals surface area contributed by atoms with Crippen LogP contribution in [0.25, 0.3) is 0 Å². The zero-order valence-electron chi connectivity index (χ0n) is 7.73. The number of methoxy groups -OCH3 is 1. The number of nitrogens with one attached hydrogen (secondary N) is 1. The third kappa shape index (κ3) is 6.67. The van der Waals surface area contributed by atoms with Gasteiger partial charge in [0, 0.05) is 13.7 Å². The smallest absolute Gasteiger partial charge is 0.383 e. The number of carbonyl (C=O) groups excluding carboxylic acids is 1. The summed E-state index contributed by atoms with van der Waals surface area (Å²) < 4.78 is 39.5. The molecule has 0 saturated carbocycles. The van der Waals surface area contributed by atoms with Gasteiger partial charge in [0.2, 0.25) is 5.91 Å². The standard InChI is InChI=1S/C7H13F3N2O2/c1-14-4-5(11)6(13)12-3-2-7(8,9)10/h5H,2-4,11H2,1H3,(H,12,13). The van der Waals surface area contributed by atoms with Gasteiger partial charge in [0.25, 0.3) is 0 Å². The molecule has 0 bridgehead atoms.